The van der Waals surface area contributed by atoms with Crippen molar-refractivity contribution < 1.29 is 12.6 Å². The summed E-state index contributed by atoms with van der Waals surface area (Å²) in [5, 5.41) is -0.277. The molecule has 3 nitrogen and oxygen atoms in total. The Morgan fingerprint density at radius 3 is 2.24 bits per heavy atom. The van der Waals surface area contributed by atoms with E-state index in [0.717, 1.165) is 37.0 Å². The number of hydrogen-bond donors (Lipinski definition) is 0. The molecule has 0 N–H and O–H groups in total. The van der Waals surface area contributed by atoms with E-state index in [1.165, 1.54) is 19.3 Å². The molecule has 1 saturated heterocycles. The van der Waals surface area contributed by atoms with Gasteiger partial charge in [-0.05, 0) is 63.2 Å². The molecule has 4 heteroatoms. The first-order chi connectivity index (χ1) is 7.98. The first-order valence-electron chi connectivity index (χ1n) is 6.93. The van der Waals surface area contributed by atoms with Crippen molar-refractivity contribution in [2.75, 3.05) is 0 Å². The molecule has 1 aliphatic heterocycles. The zero-order valence-electron chi connectivity index (χ0n) is 10.3. The molecule has 17 heavy (non-hydrogen) atoms. The van der Waals surface area contributed by atoms with Gasteiger partial charge in [0, 0.05) is 5.92 Å². The lowest BCUT2D eigenvalue weighted by Crippen LogP contribution is -2.43. The Morgan fingerprint density at radius 1 is 1.00 bits per heavy atom. The molecule has 4 saturated carbocycles. The maximum Gasteiger partial charge on any atom is 0.270 e. The molecule has 1 spiro atoms. The van der Waals surface area contributed by atoms with E-state index in [2.05, 4.69) is 0 Å². The molecule has 4 aliphatic carbocycles. The second-order valence-electron chi connectivity index (χ2n) is 6.90. The third kappa shape index (κ3) is 1.34. The largest absolute Gasteiger partial charge is 0.270 e. The highest BCUT2D eigenvalue weighted by Gasteiger charge is 2.62. The normalized spacial score (nSPS) is 59.0. The summed E-state index contributed by atoms with van der Waals surface area (Å²) in [4.78, 5) is 0. The van der Waals surface area contributed by atoms with Crippen LogP contribution in [0, 0.1) is 23.7 Å². The van der Waals surface area contributed by atoms with E-state index < -0.39 is 10.1 Å². The molecular weight excluding hydrogens is 236 g/mol. The van der Waals surface area contributed by atoms with Crippen LogP contribution in [0.15, 0.2) is 0 Å². The van der Waals surface area contributed by atoms with Gasteiger partial charge in [-0.1, -0.05) is 0 Å². The van der Waals surface area contributed by atoms with E-state index in [-0.39, 0.29) is 16.8 Å². The van der Waals surface area contributed by atoms with Gasteiger partial charge in [-0.25, -0.2) is 0 Å². The van der Waals surface area contributed by atoms with Gasteiger partial charge in [0.25, 0.3) is 10.1 Å². The van der Waals surface area contributed by atoms with Crippen LogP contribution in [0.4, 0.5) is 0 Å². The molecule has 6 atom stereocenters. The maximum absolute atomic E-state index is 12.0. The number of hydrogen-bond acceptors (Lipinski definition) is 3. The van der Waals surface area contributed by atoms with Crippen LogP contribution in [-0.2, 0) is 14.3 Å². The van der Waals surface area contributed by atoms with Crippen molar-refractivity contribution in [2.45, 2.75) is 56.3 Å². The molecule has 0 radical (unpaired) electrons. The fraction of sp³-hybridized carbons (Fsp3) is 1.00. The van der Waals surface area contributed by atoms with E-state index >= 15 is 0 Å². The summed E-state index contributed by atoms with van der Waals surface area (Å²) in [6, 6.07) is 0. The minimum Gasteiger partial charge on any atom is -0.263 e. The Labute approximate surface area is 103 Å². The Morgan fingerprint density at radius 2 is 1.59 bits per heavy atom. The first kappa shape index (κ1) is 10.8. The van der Waals surface area contributed by atoms with Crippen molar-refractivity contribution in [3.8, 4) is 0 Å². The van der Waals surface area contributed by atoms with Gasteiger partial charge in [0.2, 0.25) is 0 Å². The van der Waals surface area contributed by atoms with Gasteiger partial charge >= 0.3 is 0 Å². The van der Waals surface area contributed by atoms with Crippen LogP contribution in [0.1, 0.15) is 45.4 Å². The van der Waals surface area contributed by atoms with E-state index in [4.69, 9.17) is 4.18 Å². The van der Waals surface area contributed by atoms with Gasteiger partial charge < -0.3 is 0 Å². The average Bonchev–Trinajstić information content (AvgIpc) is 2.33. The van der Waals surface area contributed by atoms with E-state index in [1.54, 1.807) is 0 Å². The molecule has 0 aromatic carbocycles. The van der Waals surface area contributed by atoms with Crippen LogP contribution in [0.25, 0.3) is 0 Å². The van der Waals surface area contributed by atoms with Gasteiger partial charge in [0.15, 0.2) is 0 Å². The molecule has 5 rings (SSSR count). The van der Waals surface area contributed by atoms with Crippen LogP contribution in [-0.4, -0.2) is 19.3 Å². The minimum absolute atomic E-state index is 0.271. The lowest BCUT2D eigenvalue weighted by molar-refractivity contribution is -0.0263. The highest BCUT2D eigenvalue weighted by Crippen LogP contribution is 2.60. The van der Waals surface area contributed by atoms with Crippen molar-refractivity contribution in [1.82, 2.24) is 0 Å². The van der Waals surface area contributed by atoms with Crippen molar-refractivity contribution in [2.24, 2.45) is 23.7 Å². The maximum atomic E-state index is 12.0. The van der Waals surface area contributed by atoms with Gasteiger partial charge in [-0.2, -0.15) is 8.42 Å². The predicted octanol–water partition coefficient (Wildman–Crippen LogP) is 2.32. The second kappa shape index (κ2) is 3.08. The van der Waals surface area contributed by atoms with Crippen molar-refractivity contribution in [3.63, 3.8) is 0 Å². The van der Waals surface area contributed by atoms with Gasteiger partial charge in [0.05, 0.1) is 10.9 Å². The molecule has 0 amide bonds. The summed E-state index contributed by atoms with van der Waals surface area (Å²) in [5.74, 6) is 2.51. The van der Waals surface area contributed by atoms with Crippen LogP contribution in [0.5, 0.6) is 0 Å². The molecule has 5 aliphatic rings. The Hall–Kier alpha value is -0.0900. The topological polar surface area (TPSA) is 43.4 Å². The fourth-order valence-electron chi connectivity index (χ4n) is 5.42. The third-order valence-electron chi connectivity index (χ3n) is 5.84. The average molecular weight is 256 g/mol. The molecule has 1 heterocycles. The standard InChI is InChI=1S/C13H20O3S/c1-8-12-5-9-2-10-4-11(3-9)7-13(12,6-10)16-17(8,14)15/h8-12H,2-7H2,1H3/t8-,9?,10-,11+,12-,13?/m0/s1. The molecule has 5 fully saturated rings. The molecule has 0 aromatic rings. The summed E-state index contributed by atoms with van der Waals surface area (Å²) in [7, 11) is -3.29. The minimum atomic E-state index is -3.29. The summed E-state index contributed by atoms with van der Waals surface area (Å²) >= 11 is 0. The number of rotatable bonds is 0. The lowest BCUT2D eigenvalue weighted by atomic mass is 9.65. The summed E-state index contributed by atoms with van der Waals surface area (Å²) in [5.41, 5.74) is -0.295. The molecule has 96 valence electrons. The predicted molar refractivity (Wildman–Crippen MR) is 63.9 cm³/mol. The SMILES string of the molecule is C[C@H]1[C@@H]2CC3C[C@@H]4C[C@H](C3)CC2(C4)OS1(=O)=O. The van der Waals surface area contributed by atoms with Crippen LogP contribution >= 0.6 is 0 Å². The van der Waals surface area contributed by atoms with Crippen LogP contribution in [0.2, 0.25) is 0 Å². The highest BCUT2D eigenvalue weighted by atomic mass is 32.2. The van der Waals surface area contributed by atoms with Crippen molar-refractivity contribution in [1.29, 1.82) is 0 Å². The first-order valence-corrected chi connectivity index (χ1v) is 8.40. The summed E-state index contributed by atoms with van der Waals surface area (Å²) in [6.45, 7) is 1.86. The second-order valence-corrected chi connectivity index (χ2v) is 8.80. The van der Waals surface area contributed by atoms with E-state index in [1.807, 2.05) is 6.92 Å². The zero-order valence-corrected chi connectivity index (χ0v) is 11.1. The lowest BCUT2D eigenvalue weighted by Gasteiger charge is -2.43. The van der Waals surface area contributed by atoms with Gasteiger partial charge in [-0.3, -0.25) is 4.18 Å². The van der Waals surface area contributed by atoms with E-state index in [0.29, 0.717) is 0 Å². The Balaban J connectivity index is 1.83. The van der Waals surface area contributed by atoms with Crippen LogP contribution < -0.4 is 0 Å². The molecule has 4 bridgehead atoms. The zero-order chi connectivity index (χ0) is 11.8. The van der Waals surface area contributed by atoms with Crippen molar-refractivity contribution >= 4 is 10.1 Å². The summed E-state index contributed by atoms with van der Waals surface area (Å²) < 4.78 is 29.7. The van der Waals surface area contributed by atoms with Gasteiger partial charge in [0.1, 0.15) is 0 Å². The Kier molecular flexibility index (Phi) is 1.95. The smallest absolute Gasteiger partial charge is 0.263 e. The van der Waals surface area contributed by atoms with Crippen molar-refractivity contribution in [3.05, 3.63) is 0 Å². The van der Waals surface area contributed by atoms with E-state index in [9.17, 15) is 8.42 Å². The molecule has 2 unspecified atom stereocenters. The van der Waals surface area contributed by atoms with Crippen LogP contribution in [0.3, 0.4) is 0 Å². The fourth-order valence-corrected chi connectivity index (χ4v) is 7.06. The monoisotopic (exact) mass is 256 g/mol. The highest BCUT2D eigenvalue weighted by molar-refractivity contribution is 7.87. The Bertz CT molecular complexity index is 441. The summed E-state index contributed by atoms with van der Waals surface area (Å²) in [6.07, 6.45) is 7.08. The molecular formula is C13H20O3S. The molecule has 0 aromatic heterocycles. The van der Waals surface area contributed by atoms with Gasteiger partial charge in [-0.15, -0.1) is 0 Å². The quantitative estimate of drug-likeness (QED) is 0.625. The third-order valence-corrected chi connectivity index (χ3v) is 7.64.